The van der Waals surface area contributed by atoms with Gasteiger partial charge in [0.05, 0.1) is 11.7 Å². The first-order chi connectivity index (χ1) is 17.0. The summed E-state index contributed by atoms with van der Waals surface area (Å²) in [5, 5.41) is 4.40. The molecule has 8 heteroatoms. The lowest BCUT2D eigenvalue weighted by molar-refractivity contribution is 0.312. The first-order valence-corrected chi connectivity index (χ1v) is 12.1. The second-order valence-electron chi connectivity index (χ2n) is 9.29. The molecule has 0 unspecified atom stereocenters. The quantitative estimate of drug-likeness (QED) is 0.431. The van der Waals surface area contributed by atoms with E-state index in [1.807, 2.05) is 41.7 Å². The number of para-hydroxylation sites is 1. The number of benzene rings is 2. The van der Waals surface area contributed by atoms with Crippen LogP contribution in [0.5, 0.6) is 0 Å². The molecule has 2 aromatic carbocycles. The predicted octanol–water partition coefficient (Wildman–Crippen LogP) is 4.02. The van der Waals surface area contributed by atoms with E-state index in [-0.39, 0.29) is 5.56 Å². The molecule has 4 heterocycles. The molecule has 0 saturated carbocycles. The molecule has 178 valence electrons. The zero-order valence-electron chi connectivity index (χ0n) is 20.3. The number of likely N-dealkylation sites (N-methyl/N-ethyl adjacent to an activating group) is 1. The van der Waals surface area contributed by atoms with E-state index in [0.717, 1.165) is 48.3 Å². The fourth-order valence-corrected chi connectivity index (χ4v) is 5.15. The first-order valence-electron chi connectivity index (χ1n) is 12.1. The maximum atomic E-state index is 13.2. The van der Waals surface area contributed by atoms with Gasteiger partial charge in [0.1, 0.15) is 11.0 Å². The minimum absolute atomic E-state index is 0.0318. The summed E-state index contributed by atoms with van der Waals surface area (Å²) in [6.07, 6.45) is 1.75. The Hall–Kier alpha value is -3.91. The number of aromatic nitrogens is 4. The molecule has 1 aliphatic rings. The van der Waals surface area contributed by atoms with Crippen molar-refractivity contribution < 1.29 is 0 Å². The van der Waals surface area contributed by atoms with Crippen LogP contribution in [0, 0.1) is 6.92 Å². The molecule has 1 fully saturated rings. The summed E-state index contributed by atoms with van der Waals surface area (Å²) in [5.74, 6) is 0.504. The van der Waals surface area contributed by atoms with Crippen LogP contribution in [0.4, 0.5) is 17.3 Å². The number of rotatable bonds is 4. The Kier molecular flexibility index (Phi) is 5.18. The zero-order chi connectivity index (χ0) is 24.1. The summed E-state index contributed by atoms with van der Waals surface area (Å²) in [4.78, 5) is 27.5. The van der Waals surface area contributed by atoms with Crippen LogP contribution in [0.2, 0.25) is 0 Å². The van der Waals surface area contributed by atoms with Crippen LogP contribution in [0.15, 0.2) is 59.5 Å². The number of piperazine rings is 1. The molecule has 6 rings (SSSR count). The van der Waals surface area contributed by atoms with E-state index < -0.39 is 0 Å². The Morgan fingerprint density at radius 1 is 0.971 bits per heavy atom. The maximum absolute atomic E-state index is 13.2. The molecule has 0 atom stereocenters. The number of aryl methyl sites for hydroxylation is 2. The summed E-state index contributed by atoms with van der Waals surface area (Å²) in [7, 11) is 2.17. The van der Waals surface area contributed by atoms with Crippen molar-refractivity contribution in [2.24, 2.45) is 0 Å². The van der Waals surface area contributed by atoms with Gasteiger partial charge in [-0.05, 0) is 56.8 Å². The van der Waals surface area contributed by atoms with Crippen molar-refractivity contribution in [3.63, 3.8) is 0 Å². The van der Waals surface area contributed by atoms with Gasteiger partial charge in [0.2, 0.25) is 5.95 Å². The van der Waals surface area contributed by atoms with Gasteiger partial charge < -0.3 is 19.7 Å². The van der Waals surface area contributed by atoms with Crippen molar-refractivity contribution >= 4 is 44.9 Å². The highest BCUT2D eigenvalue weighted by Crippen LogP contribution is 2.27. The Bertz CT molecular complexity index is 1630. The third-order valence-electron chi connectivity index (χ3n) is 7.04. The van der Waals surface area contributed by atoms with Crippen LogP contribution < -0.4 is 15.8 Å². The summed E-state index contributed by atoms with van der Waals surface area (Å²) in [6.45, 7) is 8.91. The number of anilines is 3. The molecule has 0 aliphatic carbocycles. The second kappa shape index (κ2) is 8.39. The lowest BCUT2D eigenvalue weighted by Crippen LogP contribution is -2.44. The first kappa shape index (κ1) is 21.6. The average Bonchev–Trinajstić information content (AvgIpc) is 3.26. The Morgan fingerprint density at radius 3 is 2.54 bits per heavy atom. The van der Waals surface area contributed by atoms with Crippen LogP contribution in [0.1, 0.15) is 12.5 Å². The molecule has 35 heavy (non-hydrogen) atoms. The van der Waals surface area contributed by atoms with E-state index >= 15 is 0 Å². The third kappa shape index (κ3) is 3.61. The molecule has 1 saturated heterocycles. The Morgan fingerprint density at radius 2 is 1.77 bits per heavy atom. The second-order valence-corrected chi connectivity index (χ2v) is 9.29. The van der Waals surface area contributed by atoms with E-state index in [1.165, 1.54) is 11.3 Å². The van der Waals surface area contributed by atoms with Gasteiger partial charge in [0, 0.05) is 49.5 Å². The number of nitrogens with zero attached hydrogens (tertiary/aromatic N) is 6. The van der Waals surface area contributed by atoms with Gasteiger partial charge >= 0.3 is 0 Å². The van der Waals surface area contributed by atoms with Gasteiger partial charge in [-0.15, -0.1) is 0 Å². The van der Waals surface area contributed by atoms with E-state index in [4.69, 9.17) is 4.98 Å². The molecule has 0 bridgehead atoms. The van der Waals surface area contributed by atoms with Crippen molar-refractivity contribution in [3.8, 4) is 0 Å². The molecule has 1 aliphatic heterocycles. The lowest BCUT2D eigenvalue weighted by atomic mass is 10.1. The lowest BCUT2D eigenvalue weighted by Gasteiger charge is -2.35. The molecule has 0 radical (unpaired) electrons. The highest BCUT2D eigenvalue weighted by Gasteiger charge is 2.17. The van der Waals surface area contributed by atoms with Crippen LogP contribution in [0.25, 0.3) is 27.6 Å². The summed E-state index contributed by atoms with van der Waals surface area (Å²) < 4.78 is 3.69. The van der Waals surface area contributed by atoms with Crippen molar-refractivity contribution in [2.45, 2.75) is 20.4 Å². The number of nitrogens with one attached hydrogen (secondary N) is 1. The summed E-state index contributed by atoms with van der Waals surface area (Å²) >= 11 is 0. The molecule has 0 amide bonds. The number of hydrogen-bond acceptors (Lipinski definition) is 6. The van der Waals surface area contributed by atoms with Gasteiger partial charge in [-0.2, -0.15) is 4.98 Å². The highest BCUT2D eigenvalue weighted by molar-refractivity contribution is 5.92. The van der Waals surface area contributed by atoms with E-state index in [1.54, 1.807) is 10.8 Å². The SMILES string of the molecule is CCn1c(=O)c2cc3ccccc3n2c2nc(Nc3ccc(N4CCN(C)CC4)c(C)c3)ncc21. The predicted molar refractivity (Wildman–Crippen MR) is 142 cm³/mol. The topological polar surface area (TPSA) is 70.7 Å². The van der Waals surface area contributed by atoms with Crippen LogP contribution >= 0.6 is 0 Å². The van der Waals surface area contributed by atoms with Crippen molar-refractivity contribution in [1.82, 2.24) is 23.8 Å². The number of hydrogen-bond donors (Lipinski definition) is 1. The highest BCUT2D eigenvalue weighted by atomic mass is 16.1. The van der Waals surface area contributed by atoms with Gasteiger partial charge in [0.25, 0.3) is 5.56 Å². The van der Waals surface area contributed by atoms with E-state index in [2.05, 4.69) is 52.3 Å². The van der Waals surface area contributed by atoms with Crippen LogP contribution in [0.3, 0.4) is 0 Å². The maximum Gasteiger partial charge on any atom is 0.275 e. The molecular formula is C27H29N7O. The zero-order valence-corrected chi connectivity index (χ0v) is 20.3. The average molecular weight is 468 g/mol. The Balaban J connectivity index is 1.42. The van der Waals surface area contributed by atoms with Crippen molar-refractivity contribution in [2.75, 3.05) is 43.4 Å². The summed E-state index contributed by atoms with van der Waals surface area (Å²) in [5.41, 5.74) is 6.43. The van der Waals surface area contributed by atoms with E-state index in [0.29, 0.717) is 23.7 Å². The van der Waals surface area contributed by atoms with E-state index in [9.17, 15) is 4.79 Å². The molecule has 0 spiro atoms. The number of fused-ring (bicyclic) bond motifs is 5. The van der Waals surface area contributed by atoms with Crippen LogP contribution in [-0.2, 0) is 6.54 Å². The fraction of sp³-hybridized carbons (Fsp3) is 0.296. The van der Waals surface area contributed by atoms with Crippen molar-refractivity contribution in [3.05, 3.63) is 70.6 Å². The van der Waals surface area contributed by atoms with Gasteiger partial charge in [-0.1, -0.05) is 18.2 Å². The monoisotopic (exact) mass is 467 g/mol. The Labute approximate surface area is 203 Å². The van der Waals surface area contributed by atoms with Gasteiger partial charge in [-0.3, -0.25) is 9.20 Å². The molecule has 1 N–H and O–H groups in total. The van der Waals surface area contributed by atoms with Crippen LogP contribution in [-0.4, -0.2) is 57.1 Å². The van der Waals surface area contributed by atoms with Gasteiger partial charge in [0.15, 0.2) is 5.65 Å². The molecular weight excluding hydrogens is 438 g/mol. The summed E-state index contributed by atoms with van der Waals surface area (Å²) in [6, 6.07) is 16.4. The minimum atomic E-state index is -0.0318. The van der Waals surface area contributed by atoms with Gasteiger partial charge in [-0.25, -0.2) is 4.98 Å². The fourth-order valence-electron chi connectivity index (χ4n) is 5.15. The molecule has 3 aromatic heterocycles. The largest absolute Gasteiger partial charge is 0.369 e. The third-order valence-corrected chi connectivity index (χ3v) is 7.04. The normalized spacial score (nSPS) is 14.9. The van der Waals surface area contributed by atoms with Crippen molar-refractivity contribution in [1.29, 1.82) is 0 Å². The smallest absolute Gasteiger partial charge is 0.275 e. The molecule has 5 aromatic rings. The molecule has 8 nitrogen and oxygen atoms in total. The minimum Gasteiger partial charge on any atom is -0.369 e. The standard InChI is InChI=1S/C27H29N7O/c1-4-33-24-17-28-27(29-20-9-10-21(18(2)15-20)32-13-11-31(3)12-14-32)30-25(24)34-22-8-6-5-7-19(22)16-23(34)26(33)35/h5-10,15-17H,4,11-14H2,1-3H3,(H,28,29,30).